The third-order valence-corrected chi connectivity index (χ3v) is 13.8. The number of rotatable bonds is 5. The van der Waals surface area contributed by atoms with Crippen LogP contribution in [-0.4, -0.2) is 13.7 Å². The van der Waals surface area contributed by atoms with E-state index in [-0.39, 0.29) is 0 Å². The molecule has 0 atom stereocenters. The second kappa shape index (κ2) is 13.9. The van der Waals surface area contributed by atoms with E-state index in [4.69, 9.17) is 0 Å². The number of nitrogens with zero attached hydrogens (tertiary/aromatic N) is 3. The lowest BCUT2D eigenvalue weighted by Gasteiger charge is -2.12. The maximum Gasteiger partial charge on any atom is 0.0562 e. The monoisotopic (exact) mass is 825 g/mol. The van der Waals surface area contributed by atoms with Gasteiger partial charge in [0.2, 0.25) is 0 Å². The predicted octanol–water partition coefficient (Wildman–Crippen LogP) is 16.6. The van der Waals surface area contributed by atoms with Gasteiger partial charge >= 0.3 is 0 Å². The predicted molar refractivity (Wildman–Crippen MR) is 275 cm³/mol. The van der Waals surface area contributed by atoms with Crippen molar-refractivity contribution >= 4 is 87.0 Å². The molecule has 0 aliphatic rings. The number of hydrogen-bond acceptors (Lipinski definition) is 0. The van der Waals surface area contributed by atoms with Crippen LogP contribution >= 0.6 is 0 Å². The zero-order valence-corrected chi connectivity index (χ0v) is 35.4. The molecule has 0 fully saturated rings. The highest BCUT2D eigenvalue weighted by Crippen LogP contribution is 2.43. The van der Waals surface area contributed by atoms with E-state index >= 15 is 0 Å². The van der Waals surface area contributed by atoms with E-state index < -0.39 is 0 Å². The Bertz CT molecular complexity index is 4240. The Morgan fingerprint density at radius 3 is 1.20 bits per heavy atom. The van der Waals surface area contributed by atoms with Gasteiger partial charge in [-0.25, -0.2) is 0 Å². The van der Waals surface area contributed by atoms with Crippen LogP contribution in [0.25, 0.3) is 126 Å². The van der Waals surface area contributed by atoms with Crippen LogP contribution in [0.3, 0.4) is 0 Å². The molecule has 0 bridgehead atoms. The Kier molecular flexibility index (Phi) is 7.69. The highest BCUT2D eigenvalue weighted by molar-refractivity contribution is 6.20. The Morgan fingerprint density at radius 2 is 0.600 bits per heavy atom. The quantitative estimate of drug-likeness (QED) is 0.164. The zero-order valence-electron chi connectivity index (χ0n) is 35.4. The normalized spacial score (nSPS) is 12.0. The van der Waals surface area contributed by atoms with E-state index in [2.05, 4.69) is 250 Å². The van der Waals surface area contributed by atoms with Crippen LogP contribution in [0.5, 0.6) is 0 Å². The lowest BCUT2D eigenvalue weighted by Crippen LogP contribution is -1.96. The Hall–Kier alpha value is -8.66. The van der Waals surface area contributed by atoms with Gasteiger partial charge in [-0.3, -0.25) is 0 Å². The average molecular weight is 826 g/mol. The molecule has 3 aromatic heterocycles. The lowest BCUT2D eigenvalue weighted by atomic mass is 10.00. The van der Waals surface area contributed by atoms with Crippen molar-refractivity contribution in [1.29, 1.82) is 0 Å². The van der Waals surface area contributed by atoms with Crippen molar-refractivity contribution in [2.75, 3.05) is 0 Å². The molecular weight excluding hydrogens is 787 g/mol. The SMILES string of the molecule is c1ccc(-c2cccc(-n3c4ccc(-c5ccc6c(c5)c5ccccc5n6-c5ccc6ccccc6c5)cc4c4cc5c6ccccc6n(-c6ccc7ccccc7c6)c5cc43)c2)cc1. The number of para-hydroxylation sites is 2. The summed E-state index contributed by atoms with van der Waals surface area (Å²) < 4.78 is 7.35. The molecule has 0 radical (unpaired) electrons. The van der Waals surface area contributed by atoms with Crippen LogP contribution in [0.1, 0.15) is 0 Å². The van der Waals surface area contributed by atoms with Crippen LogP contribution in [0, 0.1) is 0 Å². The molecular formula is C62H39N3. The number of fused-ring (bicyclic) bond motifs is 11. The molecule has 11 aromatic carbocycles. The maximum absolute atomic E-state index is 2.48. The molecule has 0 N–H and O–H groups in total. The second-order valence-electron chi connectivity index (χ2n) is 17.4. The summed E-state index contributed by atoms with van der Waals surface area (Å²) in [6.45, 7) is 0. The molecule has 0 aliphatic carbocycles. The summed E-state index contributed by atoms with van der Waals surface area (Å²) in [6.07, 6.45) is 0. The smallest absolute Gasteiger partial charge is 0.0562 e. The Morgan fingerprint density at radius 1 is 0.185 bits per heavy atom. The molecule has 3 heterocycles. The average Bonchev–Trinajstić information content (AvgIpc) is 4.00. The summed E-state index contributed by atoms with van der Waals surface area (Å²) in [7, 11) is 0. The molecule has 0 saturated heterocycles. The van der Waals surface area contributed by atoms with Gasteiger partial charge in [0.05, 0.1) is 33.1 Å². The maximum atomic E-state index is 2.48. The Balaban J connectivity index is 1.01. The molecule has 3 nitrogen and oxygen atoms in total. The molecule has 14 rings (SSSR count). The zero-order chi connectivity index (χ0) is 42.6. The molecule has 0 saturated carbocycles. The summed E-state index contributed by atoms with van der Waals surface area (Å²) in [4.78, 5) is 0. The topological polar surface area (TPSA) is 14.8 Å². The first-order valence-electron chi connectivity index (χ1n) is 22.4. The number of aromatic nitrogens is 3. The van der Waals surface area contributed by atoms with Crippen LogP contribution in [0.15, 0.2) is 237 Å². The van der Waals surface area contributed by atoms with Gasteiger partial charge in [-0.1, -0.05) is 152 Å². The summed E-state index contributed by atoms with van der Waals surface area (Å²) >= 11 is 0. The van der Waals surface area contributed by atoms with Crippen molar-refractivity contribution in [2.24, 2.45) is 0 Å². The molecule has 0 unspecified atom stereocenters. The van der Waals surface area contributed by atoms with Crippen LogP contribution in [0.4, 0.5) is 0 Å². The summed E-state index contributed by atoms with van der Waals surface area (Å²) in [5.41, 5.74) is 15.4. The minimum absolute atomic E-state index is 1.13. The van der Waals surface area contributed by atoms with Crippen molar-refractivity contribution in [1.82, 2.24) is 13.7 Å². The van der Waals surface area contributed by atoms with Gasteiger partial charge in [0.25, 0.3) is 0 Å². The Labute approximate surface area is 374 Å². The summed E-state index contributed by atoms with van der Waals surface area (Å²) in [5, 5.41) is 12.4. The van der Waals surface area contributed by atoms with E-state index in [1.165, 1.54) is 115 Å². The molecule has 0 spiro atoms. The van der Waals surface area contributed by atoms with Crippen LogP contribution < -0.4 is 0 Å². The largest absolute Gasteiger partial charge is 0.309 e. The lowest BCUT2D eigenvalue weighted by molar-refractivity contribution is 1.17. The molecule has 0 aliphatic heterocycles. The minimum atomic E-state index is 1.13. The second-order valence-corrected chi connectivity index (χ2v) is 17.4. The fraction of sp³-hybridized carbons (Fsp3) is 0. The van der Waals surface area contributed by atoms with E-state index in [9.17, 15) is 0 Å². The van der Waals surface area contributed by atoms with Crippen LogP contribution in [0.2, 0.25) is 0 Å². The summed E-state index contributed by atoms with van der Waals surface area (Å²) in [6, 6.07) is 87.2. The standard InChI is InChI=1S/C62H39N3/c1-2-13-40(14-3-1)45-19-12-20-48(33-45)64-60-32-28-47(46-27-31-59-53(36-46)51-21-8-10-23-57(51)63(59)49-29-25-41-15-4-6-17-43(41)34-49)37-54(60)56-38-55-52-22-9-11-24-58(52)65(61(55)39-62(56)64)50-30-26-42-16-5-7-18-44(42)35-50/h1-39H. The minimum Gasteiger partial charge on any atom is -0.309 e. The highest BCUT2D eigenvalue weighted by atomic mass is 15.0. The molecule has 0 amide bonds. The van der Waals surface area contributed by atoms with Gasteiger partial charge in [-0.05, 0) is 129 Å². The fourth-order valence-corrected chi connectivity index (χ4v) is 10.7. The van der Waals surface area contributed by atoms with E-state index in [0.29, 0.717) is 0 Å². The van der Waals surface area contributed by atoms with Crippen molar-refractivity contribution in [3.63, 3.8) is 0 Å². The van der Waals surface area contributed by atoms with Crippen molar-refractivity contribution in [2.45, 2.75) is 0 Å². The third-order valence-electron chi connectivity index (χ3n) is 13.8. The number of benzene rings is 11. The first kappa shape index (κ1) is 35.9. The van der Waals surface area contributed by atoms with Gasteiger partial charge in [-0.2, -0.15) is 0 Å². The van der Waals surface area contributed by atoms with Crippen molar-refractivity contribution in [3.05, 3.63) is 237 Å². The van der Waals surface area contributed by atoms with Gasteiger partial charge in [0.15, 0.2) is 0 Å². The highest BCUT2D eigenvalue weighted by Gasteiger charge is 2.21. The molecule has 302 valence electrons. The van der Waals surface area contributed by atoms with Crippen molar-refractivity contribution < 1.29 is 0 Å². The van der Waals surface area contributed by atoms with Gasteiger partial charge < -0.3 is 13.7 Å². The van der Waals surface area contributed by atoms with E-state index in [1.54, 1.807) is 0 Å². The van der Waals surface area contributed by atoms with Crippen molar-refractivity contribution in [3.8, 4) is 39.3 Å². The summed E-state index contributed by atoms with van der Waals surface area (Å²) in [5.74, 6) is 0. The van der Waals surface area contributed by atoms with Gasteiger partial charge in [-0.15, -0.1) is 0 Å². The number of hydrogen-bond donors (Lipinski definition) is 0. The van der Waals surface area contributed by atoms with Gasteiger partial charge in [0.1, 0.15) is 0 Å². The van der Waals surface area contributed by atoms with E-state index in [1.807, 2.05) is 0 Å². The first-order chi connectivity index (χ1) is 32.2. The van der Waals surface area contributed by atoms with Crippen LogP contribution in [-0.2, 0) is 0 Å². The molecule has 65 heavy (non-hydrogen) atoms. The van der Waals surface area contributed by atoms with E-state index in [0.717, 1.165) is 11.4 Å². The third kappa shape index (κ3) is 5.49. The fourth-order valence-electron chi connectivity index (χ4n) is 10.7. The van der Waals surface area contributed by atoms with Gasteiger partial charge in [0, 0.05) is 49.4 Å². The molecule has 3 heteroatoms. The molecule has 14 aromatic rings. The first-order valence-corrected chi connectivity index (χ1v) is 22.4.